The van der Waals surface area contributed by atoms with E-state index in [1.165, 1.54) is 0 Å². The molecule has 0 saturated heterocycles. The zero-order chi connectivity index (χ0) is 15.2. The fraction of sp³-hybridized carbons (Fsp3) is 0.400. The number of carbonyl (C=O) groups excluding carboxylic acids is 1. The quantitative estimate of drug-likeness (QED) is 0.889. The third-order valence-electron chi connectivity index (χ3n) is 2.27. The summed E-state index contributed by atoms with van der Waals surface area (Å²) in [6.07, 6.45) is 3.04. The van der Waals surface area contributed by atoms with Gasteiger partial charge in [-0.3, -0.25) is 0 Å². The summed E-state index contributed by atoms with van der Waals surface area (Å²) in [6.45, 7) is 5.74. The molecule has 1 aromatic rings. The molecule has 5 heteroatoms. The molecule has 0 saturated carbocycles. The molecule has 0 aromatic heterocycles. The van der Waals surface area contributed by atoms with Crippen molar-refractivity contribution >= 4 is 12.2 Å². The topological polar surface area (TPSA) is 67.8 Å². The van der Waals surface area contributed by atoms with E-state index in [0.29, 0.717) is 12.3 Å². The first-order valence-electron chi connectivity index (χ1n) is 6.32. The van der Waals surface area contributed by atoms with Gasteiger partial charge in [-0.1, -0.05) is 12.2 Å². The number of amides is 1. The lowest BCUT2D eigenvalue weighted by molar-refractivity contribution is 0.0534. The van der Waals surface area contributed by atoms with Crippen LogP contribution in [0.2, 0.25) is 0 Å². The van der Waals surface area contributed by atoms with Gasteiger partial charge in [0.15, 0.2) is 0 Å². The Kier molecular flexibility index (Phi) is 5.43. The number of benzene rings is 1. The minimum absolute atomic E-state index is 0.158. The second-order valence-corrected chi connectivity index (χ2v) is 5.21. The molecule has 0 heterocycles. The molecule has 0 bridgehead atoms. The van der Waals surface area contributed by atoms with Crippen molar-refractivity contribution in [1.82, 2.24) is 5.32 Å². The smallest absolute Gasteiger partial charge is 0.407 e. The average Bonchev–Trinajstić information content (AvgIpc) is 2.33. The Morgan fingerprint density at radius 3 is 2.70 bits per heavy atom. The van der Waals surface area contributed by atoms with E-state index in [4.69, 9.17) is 9.47 Å². The maximum absolute atomic E-state index is 11.4. The van der Waals surface area contributed by atoms with Crippen LogP contribution in [0, 0.1) is 0 Å². The molecular weight excluding hydrogens is 258 g/mol. The van der Waals surface area contributed by atoms with Gasteiger partial charge in [0.25, 0.3) is 0 Å². The van der Waals surface area contributed by atoms with E-state index in [9.17, 15) is 9.90 Å². The van der Waals surface area contributed by atoms with Gasteiger partial charge in [0, 0.05) is 12.1 Å². The normalized spacial score (nSPS) is 11.4. The number of methoxy groups -OCH3 is 1. The van der Waals surface area contributed by atoms with Gasteiger partial charge in [-0.2, -0.15) is 0 Å². The van der Waals surface area contributed by atoms with E-state index in [-0.39, 0.29) is 5.75 Å². The third-order valence-corrected chi connectivity index (χ3v) is 2.27. The molecule has 0 fully saturated rings. The molecule has 2 N–H and O–H groups in total. The third kappa shape index (κ3) is 5.65. The molecule has 1 aromatic carbocycles. The number of alkyl carbamates (subject to hydrolysis) is 1. The summed E-state index contributed by atoms with van der Waals surface area (Å²) in [7, 11) is 1.56. The maximum Gasteiger partial charge on any atom is 0.407 e. The number of ether oxygens (including phenoxy) is 2. The molecule has 0 radical (unpaired) electrons. The Morgan fingerprint density at radius 1 is 1.40 bits per heavy atom. The summed E-state index contributed by atoms with van der Waals surface area (Å²) in [4.78, 5) is 11.4. The Hall–Kier alpha value is -2.17. The molecule has 110 valence electrons. The predicted octanol–water partition coefficient (Wildman–Crippen LogP) is 2.94. The highest BCUT2D eigenvalue weighted by atomic mass is 16.6. The second-order valence-electron chi connectivity index (χ2n) is 5.21. The van der Waals surface area contributed by atoms with E-state index in [0.717, 1.165) is 5.56 Å². The molecule has 5 nitrogen and oxygen atoms in total. The molecule has 0 aliphatic heterocycles. The number of phenols is 1. The molecular formula is C15H21NO4. The second kappa shape index (κ2) is 6.84. The van der Waals surface area contributed by atoms with E-state index >= 15 is 0 Å². The average molecular weight is 279 g/mol. The molecule has 0 spiro atoms. The number of nitrogens with one attached hydrogen (secondary N) is 1. The number of carbonyl (C=O) groups is 1. The van der Waals surface area contributed by atoms with E-state index < -0.39 is 11.7 Å². The Labute approximate surface area is 119 Å². The molecule has 0 unspecified atom stereocenters. The van der Waals surface area contributed by atoms with Gasteiger partial charge in [-0.05, 0) is 39.0 Å². The first-order chi connectivity index (χ1) is 9.31. The number of aromatic hydroxyl groups is 1. The minimum Gasteiger partial charge on any atom is -0.508 e. The number of phenolic OH excluding ortho intramolecular Hbond substituents is 1. The summed E-state index contributed by atoms with van der Waals surface area (Å²) in [6, 6.07) is 4.81. The van der Waals surface area contributed by atoms with Crippen molar-refractivity contribution in [1.29, 1.82) is 0 Å². The molecule has 20 heavy (non-hydrogen) atoms. The van der Waals surface area contributed by atoms with Gasteiger partial charge in [0.2, 0.25) is 0 Å². The van der Waals surface area contributed by atoms with Gasteiger partial charge < -0.3 is 19.9 Å². The van der Waals surface area contributed by atoms with Crippen LogP contribution in [0.15, 0.2) is 24.3 Å². The minimum atomic E-state index is -0.512. The van der Waals surface area contributed by atoms with Crippen molar-refractivity contribution in [3.8, 4) is 11.5 Å². The molecule has 0 aliphatic carbocycles. The fourth-order valence-corrected chi connectivity index (χ4v) is 1.49. The van der Waals surface area contributed by atoms with E-state index in [1.807, 2.05) is 0 Å². The first-order valence-corrected chi connectivity index (χ1v) is 6.32. The summed E-state index contributed by atoms with van der Waals surface area (Å²) < 4.78 is 10.3. The Bertz CT molecular complexity index is 489. The predicted molar refractivity (Wildman–Crippen MR) is 77.9 cm³/mol. The van der Waals surface area contributed by atoms with Crippen LogP contribution in [0.3, 0.4) is 0 Å². The van der Waals surface area contributed by atoms with E-state index in [1.54, 1.807) is 58.2 Å². The SMILES string of the molecule is COc1ccc(O)cc1C=CCNC(=O)OC(C)(C)C. The summed E-state index contributed by atoms with van der Waals surface area (Å²) >= 11 is 0. The van der Waals surface area contributed by atoms with Crippen LogP contribution < -0.4 is 10.1 Å². The highest BCUT2D eigenvalue weighted by Crippen LogP contribution is 2.24. The zero-order valence-corrected chi connectivity index (χ0v) is 12.3. The zero-order valence-electron chi connectivity index (χ0n) is 12.3. The Balaban J connectivity index is 2.53. The monoisotopic (exact) mass is 279 g/mol. The maximum atomic E-state index is 11.4. The van der Waals surface area contributed by atoms with Gasteiger partial charge in [0.1, 0.15) is 17.1 Å². The number of hydrogen-bond donors (Lipinski definition) is 2. The lowest BCUT2D eigenvalue weighted by atomic mass is 10.1. The largest absolute Gasteiger partial charge is 0.508 e. The van der Waals surface area contributed by atoms with Crippen LogP contribution in [-0.4, -0.2) is 30.5 Å². The van der Waals surface area contributed by atoms with Gasteiger partial charge >= 0.3 is 6.09 Å². The van der Waals surface area contributed by atoms with Crippen molar-refractivity contribution < 1.29 is 19.4 Å². The summed E-state index contributed by atoms with van der Waals surface area (Å²) in [5.41, 5.74) is 0.223. The fourth-order valence-electron chi connectivity index (χ4n) is 1.49. The molecule has 0 aliphatic rings. The van der Waals surface area contributed by atoms with Gasteiger partial charge in [-0.15, -0.1) is 0 Å². The summed E-state index contributed by atoms with van der Waals surface area (Å²) in [5, 5.41) is 12.0. The van der Waals surface area contributed by atoms with Crippen LogP contribution in [0.5, 0.6) is 11.5 Å². The van der Waals surface area contributed by atoms with Crippen molar-refractivity contribution in [2.45, 2.75) is 26.4 Å². The van der Waals surface area contributed by atoms with Crippen molar-refractivity contribution in [2.75, 3.05) is 13.7 Å². The molecule has 1 amide bonds. The van der Waals surface area contributed by atoms with Crippen LogP contribution >= 0.6 is 0 Å². The number of rotatable bonds is 4. The first kappa shape index (κ1) is 15.9. The molecule has 1 rings (SSSR count). The van der Waals surface area contributed by atoms with Crippen molar-refractivity contribution in [3.63, 3.8) is 0 Å². The molecule has 0 atom stereocenters. The van der Waals surface area contributed by atoms with Crippen molar-refractivity contribution in [3.05, 3.63) is 29.8 Å². The Morgan fingerprint density at radius 2 is 2.10 bits per heavy atom. The van der Waals surface area contributed by atoms with Crippen LogP contribution in [0.4, 0.5) is 4.79 Å². The lowest BCUT2D eigenvalue weighted by Crippen LogP contribution is -2.32. The van der Waals surface area contributed by atoms with Gasteiger partial charge in [0.05, 0.1) is 7.11 Å². The number of hydrogen-bond acceptors (Lipinski definition) is 4. The standard InChI is InChI=1S/C15H21NO4/c1-15(2,3)20-14(18)16-9-5-6-11-10-12(17)7-8-13(11)19-4/h5-8,10,17H,9H2,1-4H3,(H,16,18). The highest BCUT2D eigenvalue weighted by Gasteiger charge is 2.14. The van der Waals surface area contributed by atoms with Crippen LogP contribution in [-0.2, 0) is 4.74 Å². The van der Waals surface area contributed by atoms with Crippen LogP contribution in [0.25, 0.3) is 6.08 Å². The lowest BCUT2D eigenvalue weighted by Gasteiger charge is -2.19. The van der Waals surface area contributed by atoms with E-state index in [2.05, 4.69) is 5.32 Å². The highest BCUT2D eigenvalue weighted by molar-refractivity contribution is 5.68. The van der Waals surface area contributed by atoms with Gasteiger partial charge in [-0.25, -0.2) is 4.79 Å². The van der Waals surface area contributed by atoms with Crippen molar-refractivity contribution in [2.24, 2.45) is 0 Å². The summed E-state index contributed by atoms with van der Waals surface area (Å²) in [5.74, 6) is 0.807. The van der Waals surface area contributed by atoms with Crippen LogP contribution in [0.1, 0.15) is 26.3 Å².